The molecule has 0 spiro atoms. The second-order valence-corrected chi connectivity index (χ2v) is 11.0. The van der Waals surface area contributed by atoms with Gasteiger partial charge < -0.3 is 24.0 Å². The average Bonchev–Trinajstić information content (AvgIpc) is 3.56. The van der Waals surface area contributed by atoms with Gasteiger partial charge in [0.15, 0.2) is 0 Å². The van der Waals surface area contributed by atoms with E-state index >= 15 is 0 Å². The number of fused-ring (bicyclic) bond motifs is 3. The smallest absolute Gasteiger partial charge is 0.318 e. The summed E-state index contributed by atoms with van der Waals surface area (Å²) in [5.74, 6) is 1.10. The van der Waals surface area contributed by atoms with Crippen molar-refractivity contribution in [1.29, 1.82) is 0 Å². The van der Waals surface area contributed by atoms with Crippen molar-refractivity contribution in [2.24, 2.45) is 0 Å². The van der Waals surface area contributed by atoms with Crippen molar-refractivity contribution in [2.45, 2.75) is 44.9 Å². The molecule has 3 aliphatic heterocycles. The molecule has 0 saturated carbocycles. The molecular formula is C29H30ClN7O2. The standard InChI is InChI=1S/C29H30ClN7O2/c1-34-20(8-9-26(34)38)17-39-29-32-24-16-35(25-7-3-5-19-4-2-6-23(30)27(19)25)11-10-22(24)28(33-29)36-12-13-37-18-31-14-21(37)15-36/h2-7,14,18,20H,8-13,15-17H2,1H3/t20-/m0/s1. The Morgan fingerprint density at radius 2 is 1.90 bits per heavy atom. The average molecular weight is 544 g/mol. The highest BCUT2D eigenvalue weighted by Crippen LogP contribution is 2.37. The number of likely N-dealkylation sites (tertiary alicyclic amines) is 1. The van der Waals surface area contributed by atoms with Crippen molar-refractivity contribution in [2.75, 3.05) is 36.5 Å². The molecule has 39 heavy (non-hydrogen) atoms. The summed E-state index contributed by atoms with van der Waals surface area (Å²) in [6, 6.07) is 12.8. The van der Waals surface area contributed by atoms with E-state index in [1.807, 2.05) is 31.7 Å². The summed E-state index contributed by atoms with van der Waals surface area (Å²) in [6.45, 7) is 4.31. The van der Waals surface area contributed by atoms with Crippen molar-refractivity contribution in [3.8, 4) is 6.01 Å². The maximum absolute atomic E-state index is 12.0. The van der Waals surface area contributed by atoms with Gasteiger partial charge in [-0.25, -0.2) is 4.98 Å². The molecule has 4 aromatic rings. The van der Waals surface area contributed by atoms with E-state index in [1.54, 1.807) is 4.90 Å². The van der Waals surface area contributed by atoms with Crippen LogP contribution < -0.4 is 14.5 Å². The molecule has 10 heteroatoms. The van der Waals surface area contributed by atoms with E-state index in [0.717, 1.165) is 72.0 Å². The molecule has 1 fully saturated rings. The molecule has 1 amide bonds. The topological polar surface area (TPSA) is 79.6 Å². The Hall–Kier alpha value is -3.85. The number of amides is 1. The van der Waals surface area contributed by atoms with Gasteiger partial charge in [-0.1, -0.05) is 35.9 Å². The minimum absolute atomic E-state index is 0.0410. The Morgan fingerprint density at radius 3 is 2.74 bits per heavy atom. The van der Waals surface area contributed by atoms with Crippen LogP contribution in [0.4, 0.5) is 11.5 Å². The highest BCUT2D eigenvalue weighted by molar-refractivity contribution is 6.36. The van der Waals surface area contributed by atoms with Gasteiger partial charge >= 0.3 is 6.01 Å². The number of carbonyl (C=O) groups is 1. The van der Waals surface area contributed by atoms with Crippen LogP contribution in [0.25, 0.3) is 10.8 Å². The number of aromatic nitrogens is 4. The summed E-state index contributed by atoms with van der Waals surface area (Å²) < 4.78 is 8.39. The number of rotatable bonds is 5. The fourth-order valence-corrected chi connectivity index (χ4v) is 6.33. The van der Waals surface area contributed by atoms with E-state index in [1.165, 1.54) is 11.3 Å². The molecule has 0 N–H and O–H groups in total. The second-order valence-electron chi connectivity index (χ2n) is 10.5. The van der Waals surface area contributed by atoms with Crippen molar-refractivity contribution >= 4 is 39.8 Å². The third-order valence-corrected chi connectivity index (χ3v) is 8.61. The minimum atomic E-state index is 0.0410. The maximum Gasteiger partial charge on any atom is 0.318 e. The van der Waals surface area contributed by atoms with Gasteiger partial charge in [0, 0.05) is 55.9 Å². The third kappa shape index (κ3) is 4.34. The minimum Gasteiger partial charge on any atom is -0.461 e. The van der Waals surface area contributed by atoms with Crippen LogP contribution in [0.3, 0.4) is 0 Å². The van der Waals surface area contributed by atoms with Crippen molar-refractivity contribution in [1.82, 2.24) is 24.4 Å². The lowest BCUT2D eigenvalue weighted by atomic mass is 10.0. The van der Waals surface area contributed by atoms with Gasteiger partial charge in [-0.15, -0.1) is 0 Å². The van der Waals surface area contributed by atoms with Gasteiger partial charge in [0.1, 0.15) is 12.4 Å². The highest BCUT2D eigenvalue weighted by Gasteiger charge is 2.31. The SMILES string of the molecule is CN1C(=O)CC[C@H]1COc1nc2c(c(N3CCn4cncc4C3)n1)CCN(c1cccc3cccc(Cl)c13)C2. The van der Waals surface area contributed by atoms with Crippen molar-refractivity contribution < 1.29 is 9.53 Å². The van der Waals surface area contributed by atoms with Gasteiger partial charge in [-0.2, -0.15) is 9.97 Å². The first-order valence-corrected chi connectivity index (χ1v) is 13.9. The van der Waals surface area contributed by atoms with Crippen LogP contribution in [0, 0.1) is 0 Å². The zero-order valence-electron chi connectivity index (χ0n) is 21.9. The number of anilines is 2. The van der Waals surface area contributed by atoms with Crippen molar-refractivity contribution in [3.05, 3.63) is 70.9 Å². The van der Waals surface area contributed by atoms with E-state index < -0.39 is 0 Å². The van der Waals surface area contributed by atoms with Crippen LogP contribution in [0.2, 0.25) is 5.02 Å². The number of nitrogens with zero attached hydrogens (tertiary/aromatic N) is 7. The Bertz CT molecular complexity index is 1570. The molecule has 7 rings (SSSR count). The summed E-state index contributed by atoms with van der Waals surface area (Å²) >= 11 is 6.68. The number of ether oxygens (including phenoxy) is 1. The first kappa shape index (κ1) is 24.2. The lowest BCUT2D eigenvalue weighted by Crippen LogP contribution is -2.38. The number of halogens is 1. The normalized spacial score (nSPS) is 19.0. The monoisotopic (exact) mass is 543 g/mol. The van der Waals surface area contributed by atoms with Gasteiger partial charge in [0.2, 0.25) is 5.91 Å². The Morgan fingerprint density at radius 1 is 1.03 bits per heavy atom. The summed E-state index contributed by atoms with van der Waals surface area (Å²) in [7, 11) is 1.84. The predicted molar refractivity (Wildman–Crippen MR) is 150 cm³/mol. The predicted octanol–water partition coefficient (Wildman–Crippen LogP) is 4.06. The molecular weight excluding hydrogens is 514 g/mol. The fraction of sp³-hybridized carbons (Fsp3) is 0.379. The second kappa shape index (κ2) is 9.72. The molecule has 1 atom stereocenters. The first-order valence-electron chi connectivity index (χ1n) is 13.5. The van der Waals surface area contributed by atoms with Crippen LogP contribution in [0.15, 0.2) is 48.9 Å². The third-order valence-electron chi connectivity index (χ3n) is 8.29. The molecule has 0 aliphatic carbocycles. The number of hydrogen-bond donors (Lipinski definition) is 0. The van der Waals surface area contributed by atoms with Crippen LogP contribution in [0.1, 0.15) is 29.8 Å². The number of imidazole rings is 1. The van der Waals surface area contributed by atoms with E-state index in [2.05, 4.69) is 43.6 Å². The molecule has 2 aromatic heterocycles. The number of benzene rings is 2. The molecule has 0 bridgehead atoms. The lowest BCUT2D eigenvalue weighted by molar-refractivity contribution is -0.127. The summed E-state index contributed by atoms with van der Waals surface area (Å²) in [6.07, 6.45) is 5.99. The zero-order valence-corrected chi connectivity index (χ0v) is 22.6. The fourth-order valence-electron chi connectivity index (χ4n) is 6.05. The van der Waals surface area contributed by atoms with Crippen LogP contribution in [-0.2, 0) is 30.8 Å². The van der Waals surface area contributed by atoms with Gasteiger partial charge in [0.25, 0.3) is 0 Å². The van der Waals surface area contributed by atoms with Gasteiger partial charge in [-0.05, 0) is 30.4 Å². The molecule has 2 aromatic carbocycles. The van der Waals surface area contributed by atoms with E-state index in [0.29, 0.717) is 25.6 Å². The zero-order chi connectivity index (χ0) is 26.5. The van der Waals surface area contributed by atoms with E-state index in [-0.39, 0.29) is 11.9 Å². The maximum atomic E-state index is 12.0. The van der Waals surface area contributed by atoms with Gasteiger partial charge in [-0.3, -0.25) is 4.79 Å². The molecule has 3 aliphatic rings. The molecule has 9 nitrogen and oxygen atoms in total. The summed E-state index contributed by atoms with van der Waals surface area (Å²) in [5, 5.41) is 2.94. The summed E-state index contributed by atoms with van der Waals surface area (Å²) in [4.78, 5) is 32.7. The Labute approximate surface area is 232 Å². The molecule has 1 saturated heterocycles. The Kier molecular flexibility index (Phi) is 6.03. The number of hydrogen-bond acceptors (Lipinski definition) is 7. The quantitative estimate of drug-likeness (QED) is 0.375. The number of likely N-dealkylation sites (N-methyl/N-ethyl adjacent to an activating group) is 1. The largest absolute Gasteiger partial charge is 0.461 e. The first-order chi connectivity index (χ1) is 19.0. The van der Waals surface area contributed by atoms with E-state index in [4.69, 9.17) is 26.3 Å². The van der Waals surface area contributed by atoms with E-state index in [9.17, 15) is 4.79 Å². The highest BCUT2D eigenvalue weighted by atomic mass is 35.5. The molecule has 0 radical (unpaired) electrons. The summed E-state index contributed by atoms with van der Waals surface area (Å²) in [5.41, 5.74) is 4.43. The van der Waals surface area contributed by atoms with Crippen LogP contribution in [-0.4, -0.2) is 63.1 Å². The molecule has 5 heterocycles. The number of carbonyl (C=O) groups excluding carboxylic acids is 1. The molecule has 200 valence electrons. The molecule has 0 unspecified atom stereocenters. The van der Waals surface area contributed by atoms with Gasteiger partial charge in [0.05, 0.1) is 41.9 Å². The Balaban J connectivity index is 1.23. The van der Waals surface area contributed by atoms with Crippen LogP contribution in [0.5, 0.6) is 6.01 Å². The lowest BCUT2D eigenvalue weighted by Gasteiger charge is -2.35. The van der Waals surface area contributed by atoms with Crippen molar-refractivity contribution in [3.63, 3.8) is 0 Å². The van der Waals surface area contributed by atoms with Crippen LogP contribution >= 0.6 is 11.6 Å².